The molecule has 0 bridgehead atoms. The van der Waals surface area contributed by atoms with E-state index in [9.17, 15) is 9.59 Å². The summed E-state index contributed by atoms with van der Waals surface area (Å²) in [6, 6.07) is 4.94. The van der Waals surface area contributed by atoms with Gasteiger partial charge in [-0.2, -0.15) is 0 Å². The third-order valence-corrected chi connectivity index (χ3v) is 4.32. The molecule has 0 saturated heterocycles. The van der Waals surface area contributed by atoms with Crippen LogP contribution in [0.25, 0.3) is 10.9 Å². The van der Waals surface area contributed by atoms with Gasteiger partial charge in [-0.1, -0.05) is 12.8 Å². The van der Waals surface area contributed by atoms with E-state index >= 15 is 0 Å². The Hall–Kier alpha value is -2.21. The van der Waals surface area contributed by atoms with E-state index < -0.39 is 5.97 Å². The number of carbonyl (C=O) groups excluding carboxylic acids is 1. The molecule has 1 aliphatic rings. The summed E-state index contributed by atoms with van der Waals surface area (Å²) in [4.78, 5) is 29.4. The summed E-state index contributed by atoms with van der Waals surface area (Å²) in [6.45, 7) is 1.28. The Morgan fingerprint density at radius 3 is 2.88 bits per heavy atom. The van der Waals surface area contributed by atoms with Crippen molar-refractivity contribution >= 4 is 16.9 Å². The largest absolute Gasteiger partial charge is 0.460 e. The van der Waals surface area contributed by atoms with Crippen LogP contribution in [0.4, 0.5) is 0 Å². The molecule has 0 spiro atoms. The number of hydrogen-bond donors (Lipinski definition) is 0. The molecule has 2 aromatic rings. The second kappa shape index (κ2) is 7.57. The highest BCUT2D eigenvalue weighted by molar-refractivity contribution is 5.94. The molecule has 0 aliphatic carbocycles. The highest BCUT2D eigenvalue weighted by atomic mass is 16.6. The molecule has 0 atom stereocenters. The van der Waals surface area contributed by atoms with Crippen LogP contribution >= 0.6 is 0 Å². The van der Waals surface area contributed by atoms with Gasteiger partial charge in [-0.25, -0.2) is 9.78 Å². The molecule has 0 radical (unpaired) electrons. The van der Waals surface area contributed by atoms with Crippen molar-refractivity contribution in [3.63, 3.8) is 0 Å². The lowest BCUT2D eigenvalue weighted by molar-refractivity contribution is 0.0388. The van der Waals surface area contributed by atoms with Crippen molar-refractivity contribution in [3.05, 3.63) is 39.9 Å². The molecule has 0 amide bonds. The third kappa shape index (κ3) is 3.48. The fourth-order valence-electron chi connectivity index (χ4n) is 3.02. The molecule has 0 N–H and O–H groups in total. The van der Waals surface area contributed by atoms with Crippen LogP contribution in [0.1, 0.15) is 41.9 Å². The number of rotatable bonds is 4. The van der Waals surface area contributed by atoms with Gasteiger partial charge in [0, 0.05) is 20.1 Å². The molecule has 0 unspecified atom stereocenters. The predicted octanol–water partition coefficient (Wildman–Crippen LogP) is 2.32. The molecule has 2 heterocycles. The molecule has 3 rings (SSSR count). The Morgan fingerprint density at radius 2 is 2.04 bits per heavy atom. The molecule has 0 saturated carbocycles. The van der Waals surface area contributed by atoms with E-state index in [1.165, 1.54) is 6.42 Å². The fourth-order valence-corrected chi connectivity index (χ4v) is 3.02. The minimum absolute atomic E-state index is 0.0174. The Morgan fingerprint density at radius 1 is 1.21 bits per heavy atom. The Balaban J connectivity index is 1.96. The topological polar surface area (TPSA) is 70.4 Å². The highest BCUT2D eigenvalue weighted by Gasteiger charge is 2.15. The van der Waals surface area contributed by atoms with Crippen molar-refractivity contribution in [2.24, 2.45) is 0 Å². The second-order valence-corrected chi connectivity index (χ2v) is 6.01. The number of methoxy groups -OCH3 is 1. The Labute approximate surface area is 140 Å². The molecule has 128 valence electrons. The van der Waals surface area contributed by atoms with Crippen molar-refractivity contribution in [2.45, 2.75) is 38.6 Å². The first-order valence-corrected chi connectivity index (χ1v) is 8.40. The van der Waals surface area contributed by atoms with Gasteiger partial charge >= 0.3 is 5.97 Å². The van der Waals surface area contributed by atoms with E-state index in [2.05, 4.69) is 4.98 Å². The number of aryl methyl sites for hydroxylation is 1. The number of aromatic nitrogens is 2. The zero-order chi connectivity index (χ0) is 16.9. The van der Waals surface area contributed by atoms with Gasteiger partial charge in [-0.3, -0.25) is 9.36 Å². The smallest absolute Gasteiger partial charge is 0.338 e. The number of hydrogen-bond acceptors (Lipinski definition) is 5. The van der Waals surface area contributed by atoms with E-state index in [1.807, 2.05) is 0 Å². The predicted molar refractivity (Wildman–Crippen MR) is 90.3 cm³/mol. The van der Waals surface area contributed by atoms with Gasteiger partial charge in [0.25, 0.3) is 5.56 Å². The van der Waals surface area contributed by atoms with Gasteiger partial charge in [-0.15, -0.1) is 0 Å². The second-order valence-electron chi connectivity index (χ2n) is 6.01. The zero-order valence-corrected chi connectivity index (χ0v) is 13.9. The van der Waals surface area contributed by atoms with Crippen LogP contribution in [0, 0.1) is 0 Å². The van der Waals surface area contributed by atoms with E-state index in [-0.39, 0.29) is 12.2 Å². The minimum atomic E-state index is -0.428. The molecule has 1 aromatic heterocycles. The maximum absolute atomic E-state index is 12.7. The lowest BCUT2D eigenvalue weighted by Crippen LogP contribution is -2.26. The van der Waals surface area contributed by atoms with E-state index in [0.29, 0.717) is 23.1 Å². The maximum atomic E-state index is 12.7. The van der Waals surface area contributed by atoms with Gasteiger partial charge in [-0.05, 0) is 31.0 Å². The SMILES string of the molecule is COCCOC(=O)c1ccc2c(=O)n3c(nc2c1)CCCCCC3. The number of benzene rings is 1. The molecule has 6 nitrogen and oxygen atoms in total. The van der Waals surface area contributed by atoms with Crippen molar-refractivity contribution in [1.82, 2.24) is 9.55 Å². The van der Waals surface area contributed by atoms with Gasteiger partial charge in [0.1, 0.15) is 12.4 Å². The molecule has 1 aromatic carbocycles. The number of esters is 1. The summed E-state index contributed by atoms with van der Waals surface area (Å²) < 4.78 is 11.8. The number of carbonyl (C=O) groups is 1. The van der Waals surface area contributed by atoms with Crippen LogP contribution < -0.4 is 5.56 Å². The summed E-state index contributed by atoms with van der Waals surface area (Å²) >= 11 is 0. The third-order valence-electron chi connectivity index (χ3n) is 4.32. The number of fused-ring (bicyclic) bond motifs is 2. The first kappa shape index (κ1) is 16.6. The molecule has 24 heavy (non-hydrogen) atoms. The highest BCUT2D eigenvalue weighted by Crippen LogP contribution is 2.16. The van der Waals surface area contributed by atoms with Crippen LogP contribution in [-0.4, -0.2) is 35.8 Å². The quantitative estimate of drug-likeness (QED) is 0.635. The number of ether oxygens (including phenoxy) is 2. The van der Waals surface area contributed by atoms with E-state index in [0.717, 1.165) is 38.1 Å². The van der Waals surface area contributed by atoms with E-state index in [1.54, 1.807) is 29.9 Å². The standard InChI is InChI=1S/C18H22N2O4/c1-23-10-11-24-18(22)13-7-8-14-15(12-13)19-16-6-4-2-3-5-9-20(16)17(14)21/h7-8,12H,2-6,9-11H2,1H3. The normalized spacial score (nSPS) is 14.7. The van der Waals surface area contributed by atoms with Gasteiger partial charge in [0.05, 0.1) is 23.1 Å². The molecule has 6 heteroatoms. The van der Waals surface area contributed by atoms with Crippen molar-refractivity contribution in [1.29, 1.82) is 0 Å². The Bertz CT molecular complexity index is 797. The van der Waals surface area contributed by atoms with Gasteiger partial charge in [0.15, 0.2) is 0 Å². The van der Waals surface area contributed by atoms with Crippen LogP contribution in [0.15, 0.2) is 23.0 Å². The van der Waals surface area contributed by atoms with Crippen molar-refractivity contribution < 1.29 is 14.3 Å². The average Bonchev–Trinajstić information content (AvgIpc) is 2.56. The molecule has 1 aliphatic heterocycles. The van der Waals surface area contributed by atoms with Crippen molar-refractivity contribution in [3.8, 4) is 0 Å². The molecular formula is C18H22N2O4. The van der Waals surface area contributed by atoms with Crippen LogP contribution in [0.3, 0.4) is 0 Å². The summed E-state index contributed by atoms with van der Waals surface area (Å²) in [6.07, 6.45) is 5.16. The first-order chi connectivity index (χ1) is 11.7. The maximum Gasteiger partial charge on any atom is 0.338 e. The van der Waals surface area contributed by atoms with Crippen LogP contribution in [-0.2, 0) is 22.4 Å². The van der Waals surface area contributed by atoms with Gasteiger partial charge < -0.3 is 9.47 Å². The number of nitrogens with zero attached hydrogens (tertiary/aromatic N) is 2. The summed E-state index contributed by atoms with van der Waals surface area (Å²) in [5, 5.41) is 0.549. The Kier molecular flexibility index (Phi) is 5.25. The monoisotopic (exact) mass is 330 g/mol. The lowest BCUT2D eigenvalue weighted by atomic mass is 10.1. The summed E-state index contributed by atoms with van der Waals surface area (Å²) in [5.41, 5.74) is 0.950. The zero-order valence-electron chi connectivity index (χ0n) is 13.9. The van der Waals surface area contributed by atoms with Crippen molar-refractivity contribution in [2.75, 3.05) is 20.3 Å². The average molecular weight is 330 g/mol. The van der Waals surface area contributed by atoms with Gasteiger partial charge in [0.2, 0.25) is 0 Å². The van der Waals surface area contributed by atoms with Crippen LogP contribution in [0.5, 0.6) is 0 Å². The summed E-state index contributed by atoms with van der Waals surface area (Å²) in [7, 11) is 1.55. The molecular weight excluding hydrogens is 308 g/mol. The first-order valence-electron chi connectivity index (χ1n) is 8.40. The van der Waals surface area contributed by atoms with E-state index in [4.69, 9.17) is 9.47 Å². The molecule has 0 fully saturated rings. The lowest BCUT2D eigenvalue weighted by Gasteiger charge is -2.16. The summed E-state index contributed by atoms with van der Waals surface area (Å²) in [5.74, 6) is 0.389. The minimum Gasteiger partial charge on any atom is -0.460 e. The van der Waals surface area contributed by atoms with Crippen LogP contribution in [0.2, 0.25) is 0 Å². The fraction of sp³-hybridized carbons (Fsp3) is 0.500.